The molecule has 1 fully saturated rings. The van der Waals surface area contributed by atoms with Gasteiger partial charge in [-0.1, -0.05) is 12.0 Å². The molecule has 3 heterocycles. The minimum atomic E-state index is -4.02. The number of fused-ring (bicyclic) bond motifs is 1. The Morgan fingerprint density at radius 1 is 1.21 bits per heavy atom. The van der Waals surface area contributed by atoms with Gasteiger partial charge < -0.3 is 18.8 Å². The number of nitrogens with zero attached hydrogens (tertiary/aromatic N) is 3. The van der Waals surface area contributed by atoms with E-state index in [0.717, 1.165) is 12.8 Å². The molecule has 1 saturated heterocycles. The van der Waals surface area contributed by atoms with E-state index in [1.54, 1.807) is 23.1 Å². The molecule has 1 atom stereocenters. The highest BCUT2D eigenvalue weighted by molar-refractivity contribution is 7.91. The summed E-state index contributed by atoms with van der Waals surface area (Å²) in [5.41, 5.74) is 0.509. The van der Waals surface area contributed by atoms with Crippen molar-refractivity contribution in [3.63, 3.8) is 0 Å². The van der Waals surface area contributed by atoms with Crippen LogP contribution in [0, 0.1) is 5.92 Å². The lowest BCUT2D eigenvalue weighted by molar-refractivity contribution is -0.130. The molecule has 1 amide bonds. The molecule has 1 aromatic heterocycles. The second-order valence-corrected chi connectivity index (χ2v) is 8.95. The van der Waals surface area contributed by atoms with E-state index in [4.69, 9.17) is 13.9 Å². The number of likely N-dealkylation sites (tertiary alicyclic amines) is 1. The van der Waals surface area contributed by atoms with E-state index >= 15 is 0 Å². The fourth-order valence-corrected chi connectivity index (χ4v) is 4.36. The average Bonchev–Trinajstić information content (AvgIpc) is 3.18. The topological polar surface area (TPSA) is 112 Å². The van der Waals surface area contributed by atoms with Crippen LogP contribution in [0.25, 0.3) is 11.5 Å². The molecule has 0 radical (unpaired) electrons. The maximum atomic E-state index is 12.6. The predicted octanol–water partition coefficient (Wildman–Crippen LogP) is 1.54. The second kappa shape index (κ2) is 7.42. The second-order valence-electron chi connectivity index (χ2n) is 7.08. The summed E-state index contributed by atoms with van der Waals surface area (Å²) >= 11 is 0. The number of rotatable bonds is 4. The summed E-state index contributed by atoms with van der Waals surface area (Å²) in [6, 6.07) is 5.03. The highest BCUT2D eigenvalue weighted by Gasteiger charge is 2.30. The van der Waals surface area contributed by atoms with Crippen molar-refractivity contribution in [1.82, 2.24) is 15.1 Å². The first-order valence-electron chi connectivity index (χ1n) is 9.16. The van der Waals surface area contributed by atoms with Crippen LogP contribution in [0.5, 0.6) is 11.5 Å². The Kier molecular flexibility index (Phi) is 4.96. The van der Waals surface area contributed by atoms with Crippen LogP contribution in [-0.2, 0) is 14.6 Å². The summed E-state index contributed by atoms with van der Waals surface area (Å²) in [5.74, 6) is 0.415. The van der Waals surface area contributed by atoms with Crippen LogP contribution >= 0.6 is 0 Å². The van der Waals surface area contributed by atoms with Crippen molar-refractivity contribution in [3.8, 4) is 23.0 Å². The predicted molar refractivity (Wildman–Crippen MR) is 97.8 cm³/mol. The van der Waals surface area contributed by atoms with Gasteiger partial charge in [-0.05, 0) is 37.0 Å². The summed E-state index contributed by atoms with van der Waals surface area (Å²) in [4.78, 5) is 14.0. The normalized spacial score (nSPS) is 19.5. The van der Waals surface area contributed by atoms with Crippen molar-refractivity contribution in [1.29, 1.82) is 0 Å². The molecule has 2 aliphatic heterocycles. The molecule has 10 heteroatoms. The minimum absolute atomic E-state index is 0.0367. The van der Waals surface area contributed by atoms with Crippen molar-refractivity contribution in [2.45, 2.75) is 25.0 Å². The Morgan fingerprint density at radius 2 is 2.00 bits per heavy atom. The molecule has 0 N–H and O–H groups in total. The molecule has 1 aromatic carbocycles. The minimum Gasteiger partial charge on any atom is -0.486 e. The summed E-state index contributed by atoms with van der Waals surface area (Å²) < 4.78 is 41.4. The first-order valence-corrected chi connectivity index (χ1v) is 10.8. The fraction of sp³-hybridized carbons (Fsp3) is 0.500. The average molecular weight is 407 g/mol. The largest absolute Gasteiger partial charge is 0.486 e. The Balaban J connectivity index is 1.50. The standard InChI is InChI=1S/C18H21N3O6S/c1-12-3-2-6-21(10-12)16(22)11-28(23,24)18-20-19-17(27-18)13-4-5-14-15(9-13)26-8-7-25-14/h4-5,9,12H,2-3,6-8,10-11H2,1H3. The van der Waals surface area contributed by atoms with Crippen LogP contribution in [0.4, 0.5) is 0 Å². The Labute approximate surface area is 162 Å². The van der Waals surface area contributed by atoms with Crippen LogP contribution in [0.2, 0.25) is 0 Å². The van der Waals surface area contributed by atoms with Crippen LogP contribution in [0.3, 0.4) is 0 Å². The zero-order chi connectivity index (χ0) is 19.7. The van der Waals surface area contributed by atoms with Gasteiger partial charge in [0.2, 0.25) is 21.6 Å². The number of aromatic nitrogens is 2. The third kappa shape index (κ3) is 3.82. The van der Waals surface area contributed by atoms with Crippen molar-refractivity contribution in [2.75, 3.05) is 32.1 Å². The Hall–Kier alpha value is -2.62. The van der Waals surface area contributed by atoms with Gasteiger partial charge in [-0.15, -0.1) is 5.10 Å². The van der Waals surface area contributed by atoms with Gasteiger partial charge in [0.25, 0.3) is 0 Å². The zero-order valence-corrected chi connectivity index (χ0v) is 16.3. The Bertz CT molecular complexity index is 987. The van der Waals surface area contributed by atoms with E-state index in [1.165, 1.54) is 0 Å². The smallest absolute Gasteiger partial charge is 0.336 e. The third-order valence-corrected chi connectivity index (χ3v) is 6.11. The summed E-state index contributed by atoms with van der Waals surface area (Å²) in [6.07, 6.45) is 1.92. The van der Waals surface area contributed by atoms with Gasteiger partial charge in [-0.3, -0.25) is 4.79 Å². The molecule has 9 nitrogen and oxygen atoms in total. The SMILES string of the molecule is CC1CCCN(C(=O)CS(=O)(=O)c2nnc(-c3ccc4c(c3)OCCO4)o2)C1. The van der Waals surface area contributed by atoms with Crippen molar-refractivity contribution in [2.24, 2.45) is 5.92 Å². The summed E-state index contributed by atoms with van der Waals surface area (Å²) in [5, 5.41) is 6.90. The maximum absolute atomic E-state index is 12.6. The maximum Gasteiger partial charge on any atom is 0.336 e. The van der Waals surface area contributed by atoms with Crippen LogP contribution in [-0.4, -0.2) is 61.5 Å². The first kappa shape index (κ1) is 18.7. The van der Waals surface area contributed by atoms with Crippen LogP contribution in [0.1, 0.15) is 19.8 Å². The number of hydrogen-bond acceptors (Lipinski definition) is 8. The van der Waals surface area contributed by atoms with Crippen molar-refractivity contribution in [3.05, 3.63) is 18.2 Å². The number of ether oxygens (including phenoxy) is 2. The number of carbonyl (C=O) groups excluding carboxylic acids is 1. The van der Waals surface area contributed by atoms with E-state index in [2.05, 4.69) is 10.2 Å². The molecule has 150 valence electrons. The number of sulfone groups is 1. The van der Waals surface area contributed by atoms with Crippen LogP contribution in [0.15, 0.2) is 27.8 Å². The van der Waals surface area contributed by atoms with E-state index in [1.807, 2.05) is 6.92 Å². The highest BCUT2D eigenvalue weighted by atomic mass is 32.2. The zero-order valence-electron chi connectivity index (χ0n) is 15.5. The first-order chi connectivity index (χ1) is 13.4. The van der Waals surface area contributed by atoms with Gasteiger partial charge in [-0.25, -0.2) is 8.42 Å². The number of benzene rings is 1. The molecule has 2 aromatic rings. The fourth-order valence-electron chi connectivity index (χ4n) is 3.36. The summed E-state index contributed by atoms with van der Waals surface area (Å²) in [6.45, 7) is 4.09. The molecule has 0 saturated carbocycles. The molecule has 1 unspecified atom stereocenters. The van der Waals surface area contributed by atoms with Gasteiger partial charge in [0.15, 0.2) is 11.5 Å². The van der Waals surface area contributed by atoms with E-state index < -0.39 is 26.7 Å². The van der Waals surface area contributed by atoms with Gasteiger partial charge in [0.1, 0.15) is 19.0 Å². The molecular formula is C18H21N3O6S. The monoisotopic (exact) mass is 407 g/mol. The Morgan fingerprint density at radius 3 is 2.79 bits per heavy atom. The molecule has 0 spiro atoms. The lowest BCUT2D eigenvalue weighted by Gasteiger charge is -2.30. The van der Waals surface area contributed by atoms with Gasteiger partial charge >= 0.3 is 5.22 Å². The highest BCUT2D eigenvalue weighted by Crippen LogP contribution is 2.34. The number of carbonyl (C=O) groups is 1. The molecule has 4 rings (SSSR count). The van der Waals surface area contributed by atoms with Crippen molar-refractivity contribution >= 4 is 15.7 Å². The molecule has 28 heavy (non-hydrogen) atoms. The lowest BCUT2D eigenvalue weighted by atomic mass is 10.0. The molecular weight excluding hydrogens is 386 g/mol. The summed E-state index contributed by atoms with van der Waals surface area (Å²) in [7, 11) is -4.02. The van der Waals surface area contributed by atoms with Crippen LogP contribution < -0.4 is 9.47 Å². The number of amides is 1. The molecule has 2 aliphatic rings. The molecule has 0 aliphatic carbocycles. The van der Waals surface area contributed by atoms with Crippen molar-refractivity contribution < 1.29 is 27.1 Å². The van der Waals surface area contributed by atoms with E-state index in [9.17, 15) is 13.2 Å². The third-order valence-electron chi connectivity index (χ3n) is 4.78. The lowest BCUT2D eigenvalue weighted by Crippen LogP contribution is -2.42. The van der Waals surface area contributed by atoms with Gasteiger partial charge in [0.05, 0.1) is 0 Å². The number of piperidine rings is 1. The van der Waals surface area contributed by atoms with E-state index in [-0.39, 0.29) is 5.89 Å². The quantitative estimate of drug-likeness (QED) is 0.750. The van der Waals surface area contributed by atoms with Gasteiger partial charge in [0, 0.05) is 18.7 Å². The van der Waals surface area contributed by atoms with E-state index in [0.29, 0.717) is 49.3 Å². The van der Waals surface area contributed by atoms with Gasteiger partial charge in [-0.2, -0.15) is 0 Å². The molecule has 0 bridgehead atoms. The number of hydrogen-bond donors (Lipinski definition) is 0.